The van der Waals surface area contributed by atoms with E-state index in [-0.39, 0.29) is 10.6 Å². The number of benzene rings is 1. The average molecular weight is 265 g/mol. The Bertz CT molecular complexity index is 397. The molecule has 0 bridgehead atoms. The summed E-state index contributed by atoms with van der Waals surface area (Å²) >= 11 is 3.60. The maximum Gasteiger partial charge on any atom is 0.319 e. The second-order valence-corrected chi connectivity index (χ2v) is 5.29. The zero-order valence-electron chi connectivity index (χ0n) is 8.48. The molecular formula is C8H12NO5PS. The van der Waals surface area contributed by atoms with Gasteiger partial charge in [0.15, 0.2) is 0 Å². The Balaban J connectivity index is 0.000000385. The smallest absolute Gasteiger partial charge is 0.319 e. The van der Waals surface area contributed by atoms with Gasteiger partial charge in [-0.1, -0.05) is 19.1 Å². The number of nitro groups is 1. The summed E-state index contributed by atoms with van der Waals surface area (Å²) in [7, 11) is 0. The van der Waals surface area contributed by atoms with E-state index in [1.54, 1.807) is 12.1 Å². The molecule has 0 unspecified atom stereocenters. The fourth-order valence-corrected chi connectivity index (χ4v) is 0.890. The van der Waals surface area contributed by atoms with Crippen LogP contribution in [0.15, 0.2) is 24.3 Å². The lowest BCUT2D eigenvalue weighted by Gasteiger charge is -1.94. The van der Waals surface area contributed by atoms with Crippen LogP contribution in [0.2, 0.25) is 0 Å². The Morgan fingerprint density at radius 2 is 1.94 bits per heavy atom. The van der Waals surface area contributed by atoms with Gasteiger partial charge in [0.2, 0.25) is 0 Å². The molecule has 0 saturated heterocycles. The molecule has 3 N–H and O–H groups in total. The van der Waals surface area contributed by atoms with E-state index >= 15 is 0 Å². The third kappa shape index (κ3) is 8.46. The van der Waals surface area contributed by atoms with E-state index in [1.165, 1.54) is 6.07 Å². The van der Waals surface area contributed by atoms with Crippen molar-refractivity contribution in [3.05, 3.63) is 39.9 Å². The highest BCUT2D eigenvalue weighted by molar-refractivity contribution is 8.06. The predicted octanol–water partition coefficient (Wildman–Crippen LogP) is 1.35. The first-order valence-electron chi connectivity index (χ1n) is 4.25. The van der Waals surface area contributed by atoms with Crippen LogP contribution in [-0.2, 0) is 18.2 Å². The second kappa shape index (κ2) is 6.67. The van der Waals surface area contributed by atoms with Crippen LogP contribution in [-0.4, -0.2) is 19.6 Å². The summed E-state index contributed by atoms with van der Waals surface area (Å²) < 4.78 is 0. The molecule has 0 spiro atoms. The average Bonchev–Trinajstić information content (AvgIpc) is 2.15. The Morgan fingerprint density at radius 1 is 1.44 bits per heavy atom. The van der Waals surface area contributed by atoms with Gasteiger partial charge in [0, 0.05) is 12.1 Å². The van der Waals surface area contributed by atoms with Crippen LogP contribution < -0.4 is 0 Å². The normalized spacial score (nSPS) is 10.2. The van der Waals surface area contributed by atoms with Crippen molar-refractivity contribution in [1.29, 1.82) is 0 Å². The van der Waals surface area contributed by atoms with Crippen molar-refractivity contribution >= 4 is 24.2 Å². The van der Waals surface area contributed by atoms with E-state index in [4.69, 9.17) is 14.7 Å². The van der Waals surface area contributed by atoms with Crippen LogP contribution >= 0.6 is 6.72 Å². The number of aryl methyl sites for hydroxylation is 1. The molecule has 0 radical (unpaired) electrons. The van der Waals surface area contributed by atoms with E-state index in [2.05, 4.69) is 11.8 Å². The van der Waals surface area contributed by atoms with Crippen molar-refractivity contribution < 1.29 is 19.6 Å². The van der Waals surface area contributed by atoms with Crippen LogP contribution in [0.3, 0.4) is 0 Å². The first kappa shape index (κ1) is 15.2. The third-order valence-electron chi connectivity index (χ3n) is 1.53. The van der Waals surface area contributed by atoms with Crippen LogP contribution in [0.1, 0.15) is 12.5 Å². The number of rotatable bonds is 2. The fraction of sp³-hybridized carbons (Fsp3) is 0.250. The maximum absolute atomic E-state index is 10.3. The molecule has 0 saturated carbocycles. The van der Waals surface area contributed by atoms with Gasteiger partial charge in [-0.2, -0.15) is 0 Å². The zero-order chi connectivity index (χ0) is 12.8. The molecule has 1 aromatic rings. The Kier molecular flexibility index (Phi) is 6.32. The van der Waals surface area contributed by atoms with Crippen LogP contribution in [0.4, 0.5) is 5.69 Å². The van der Waals surface area contributed by atoms with Crippen molar-refractivity contribution in [3.63, 3.8) is 0 Å². The van der Waals surface area contributed by atoms with E-state index in [9.17, 15) is 10.1 Å². The molecule has 0 fully saturated rings. The van der Waals surface area contributed by atoms with Gasteiger partial charge in [-0.15, -0.1) is 0 Å². The highest BCUT2D eigenvalue weighted by Crippen LogP contribution is 2.26. The lowest BCUT2D eigenvalue weighted by atomic mass is 10.1. The topological polar surface area (TPSA) is 104 Å². The standard InChI is InChI=1S/C8H9NO2.H3O3PS/c1-2-7-4-3-5-8(6-7)9(10)11;1-4(2,3)5/h3-6H,2H2,1H3;(H3,1,2,3,5). The van der Waals surface area contributed by atoms with Gasteiger partial charge in [-0.05, 0) is 23.8 Å². The van der Waals surface area contributed by atoms with Crippen molar-refractivity contribution in [1.82, 2.24) is 0 Å². The number of hydrogen-bond acceptors (Lipinski definition) is 3. The molecule has 0 heterocycles. The summed E-state index contributed by atoms with van der Waals surface area (Å²) in [5, 5.41) is 10.3. The van der Waals surface area contributed by atoms with Crippen molar-refractivity contribution in [2.45, 2.75) is 13.3 Å². The summed E-state index contributed by atoms with van der Waals surface area (Å²) in [5.41, 5.74) is 1.17. The minimum atomic E-state index is -3.81. The molecular weight excluding hydrogens is 253 g/mol. The highest BCUT2D eigenvalue weighted by Gasteiger charge is 2.03. The first-order valence-corrected chi connectivity index (χ1v) is 6.91. The number of non-ortho nitro benzene ring substituents is 1. The second-order valence-electron chi connectivity index (χ2n) is 2.79. The molecule has 1 rings (SSSR count). The van der Waals surface area contributed by atoms with E-state index in [1.807, 2.05) is 13.0 Å². The van der Waals surface area contributed by atoms with E-state index in [0.717, 1.165) is 12.0 Å². The Labute approximate surface area is 97.6 Å². The maximum atomic E-state index is 10.3. The summed E-state index contributed by atoms with van der Waals surface area (Å²) in [5.74, 6) is 0. The summed E-state index contributed by atoms with van der Waals surface area (Å²) in [6, 6.07) is 6.68. The predicted molar refractivity (Wildman–Crippen MR) is 63.4 cm³/mol. The van der Waals surface area contributed by atoms with Crippen LogP contribution in [0, 0.1) is 10.1 Å². The molecule has 0 aromatic heterocycles. The molecule has 8 heteroatoms. The van der Waals surface area contributed by atoms with Gasteiger partial charge in [0.1, 0.15) is 0 Å². The molecule has 0 aliphatic carbocycles. The number of nitrogens with zero attached hydrogens (tertiary/aromatic N) is 1. The SMILES string of the molecule is CCc1cccc([N+](=O)[O-])c1.OP(O)(O)=S. The zero-order valence-corrected chi connectivity index (χ0v) is 10.2. The van der Waals surface area contributed by atoms with Gasteiger partial charge >= 0.3 is 6.72 Å². The fourth-order valence-electron chi connectivity index (χ4n) is 0.890. The van der Waals surface area contributed by atoms with Gasteiger partial charge in [-0.25, -0.2) is 0 Å². The minimum Gasteiger partial charge on any atom is -0.325 e. The molecule has 6 nitrogen and oxygen atoms in total. The van der Waals surface area contributed by atoms with E-state index in [0.29, 0.717) is 0 Å². The monoisotopic (exact) mass is 265 g/mol. The molecule has 0 aliphatic heterocycles. The summed E-state index contributed by atoms with van der Waals surface area (Å²) in [4.78, 5) is 32.6. The molecule has 0 amide bonds. The minimum absolute atomic E-state index is 0.171. The third-order valence-corrected chi connectivity index (χ3v) is 1.53. The lowest BCUT2D eigenvalue weighted by molar-refractivity contribution is -0.384. The van der Waals surface area contributed by atoms with Crippen LogP contribution in [0.5, 0.6) is 0 Å². The van der Waals surface area contributed by atoms with Crippen molar-refractivity contribution in [3.8, 4) is 0 Å². The van der Waals surface area contributed by atoms with Gasteiger partial charge in [-0.3, -0.25) is 10.1 Å². The lowest BCUT2D eigenvalue weighted by Crippen LogP contribution is -1.88. The number of nitro benzene ring substituents is 1. The Hall–Kier alpha value is -0.850. The van der Waals surface area contributed by atoms with Crippen molar-refractivity contribution in [2.75, 3.05) is 0 Å². The molecule has 1 aromatic carbocycles. The van der Waals surface area contributed by atoms with Crippen LogP contribution in [0.25, 0.3) is 0 Å². The van der Waals surface area contributed by atoms with Crippen molar-refractivity contribution in [2.24, 2.45) is 0 Å². The highest BCUT2D eigenvalue weighted by atomic mass is 32.5. The molecule has 0 aliphatic rings. The summed E-state index contributed by atoms with van der Waals surface area (Å²) in [6.45, 7) is -1.83. The Morgan fingerprint density at radius 3 is 2.31 bits per heavy atom. The van der Waals surface area contributed by atoms with E-state index < -0.39 is 6.72 Å². The molecule has 16 heavy (non-hydrogen) atoms. The largest absolute Gasteiger partial charge is 0.325 e. The molecule has 90 valence electrons. The first-order chi connectivity index (χ1) is 7.24. The molecule has 0 atom stereocenters. The van der Waals surface area contributed by atoms with Gasteiger partial charge in [0.25, 0.3) is 5.69 Å². The van der Waals surface area contributed by atoms with Gasteiger partial charge in [0.05, 0.1) is 4.92 Å². The quantitative estimate of drug-likeness (QED) is 0.423. The number of hydrogen-bond donors (Lipinski definition) is 3. The van der Waals surface area contributed by atoms with Gasteiger partial charge < -0.3 is 14.7 Å². The summed E-state index contributed by atoms with van der Waals surface area (Å²) in [6.07, 6.45) is 0.835.